The highest BCUT2D eigenvalue weighted by molar-refractivity contribution is 6.36. The SMILES string of the molecule is CCOc1ccccc1NC(=O)C1CCN(C(=O)c2ccc(Cl)cc2Cl)CC1. The van der Waals surface area contributed by atoms with Gasteiger partial charge >= 0.3 is 0 Å². The second-order valence-electron chi connectivity index (χ2n) is 6.61. The van der Waals surface area contributed by atoms with Gasteiger partial charge in [-0.05, 0) is 50.1 Å². The number of likely N-dealkylation sites (tertiary alicyclic amines) is 1. The van der Waals surface area contributed by atoms with Gasteiger partial charge in [-0.1, -0.05) is 35.3 Å². The number of halogens is 2. The van der Waals surface area contributed by atoms with Crippen molar-refractivity contribution < 1.29 is 14.3 Å². The van der Waals surface area contributed by atoms with Gasteiger partial charge in [-0.2, -0.15) is 0 Å². The van der Waals surface area contributed by atoms with Gasteiger partial charge < -0.3 is 15.0 Å². The third kappa shape index (κ3) is 4.78. The van der Waals surface area contributed by atoms with E-state index in [0.717, 1.165) is 0 Å². The van der Waals surface area contributed by atoms with E-state index in [9.17, 15) is 9.59 Å². The zero-order valence-electron chi connectivity index (χ0n) is 15.6. The molecule has 0 aliphatic carbocycles. The van der Waals surface area contributed by atoms with Crippen LogP contribution in [0.3, 0.4) is 0 Å². The molecule has 1 fully saturated rings. The Balaban J connectivity index is 1.59. The second kappa shape index (κ2) is 9.30. The molecule has 0 aromatic heterocycles. The minimum absolute atomic E-state index is 0.0521. The van der Waals surface area contributed by atoms with Gasteiger partial charge in [0.2, 0.25) is 5.91 Å². The maximum absolute atomic E-state index is 12.7. The van der Waals surface area contributed by atoms with E-state index in [1.165, 1.54) is 0 Å². The zero-order valence-corrected chi connectivity index (χ0v) is 17.1. The van der Waals surface area contributed by atoms with Gasteiger partial charge in [0, 0.05) is 24.0 Å². The van der Waals surface area contributed by atoms with Crippen LogP contribution in [0.2, 0.25) is 10.0 Å². The van der Waals surface area contributed by atoms with Crippen molar-refractivity contribution in [1.82, 2.24) is 4.90 Å². The Kier molecular flexibility index (Phi) is 6.81. The summed E-state index contributed by atoms with van der Waals surface area (Å²) in [5.41, 5.74) is 1.10. The first-order valence-corrected chi connectivity index (χ1v) is 10.0. The van der Waals surface area contributed by atoms with E-state index < -0.39 is 0 Å². The van der Waals surface area contributed by atoms with Crippen molar-refractivity contribution in [3.63, 3.8) is 0 Å². The maximum Gasteiger partial charge on any atom is 0.255 e. The maximum atomic E-state index is 12.7. The normalized spacial score (nSPS) is 14.6. The molecule has 28 heavy (non-hydrogen) atoms. The molecule has 0 unspecified atom stereocenters. The predicted molar refractivity (Wildman–Crippen MR) is 111 cm³/mol. The lowest BCUT2D eigenvalue weighted by atomic mass is 9.95. The number of para-hydroxylation sites is 2. The molecule has 0 atom stereocenters. The fourth-order valence-corrected chi connectivity index (χ4v) is 3.75. The summed E-state index contributed by atoms with van der Waals surface area (Å²) in [5.74, 6) is 0.314. The molecular formula is C21H22Cl2N2O3. The lowest BCUT2D eigenvalue weighted by Crippen LogP contribution is -2.41. The topological polar surface area (TPSA) is 58.6 Å². The number of benzene rings is 2. The molecule has 3 rings (SSSR count). The van der Waals surface area contributed by atoms with Gasteiger partial charge in [-0.25, -0.2) is 0 Å². The molecule has 2 amide bonds. The second-order valence-corrected chi connectivity index (χ2v) is 7.45. The van der Waals surface area contributed by atoms with E-state index >= 15 is 0 Å². The Bertz CT molecular complexity index is 864. The van der Waals surface area contributed by atoms with Crippen LogP contribution < -0.4 is 10.1 Å². The molecule has 0 radical (unpaired) electrons. The van der Waals surface area contributed by atoms with Crippen LogP contribution in [-0.4, -0.2) is 36.4 Å². The van der Waals surface area contributed by atoms with Crippen LogP contribution in [0.25, 0.3) is 0 Å². The molecule has 5 nitrogen and oxygen atoms in total. The minimum atomic E-state index is -0.153. The average molecular weight is 421 g/mol. The summed E-state index contributed by atoms with van der Waals surface area (Å²) in [6, 6.07) is 12.2. The summed E-state index contributed by atoms with van der Waals surface area (Å²) in [7, 11) is 0. The molecule has 2 aromatic rings. The number of piperidine rings is 1. The molecule has 0 spiro atoms. The average Bonchev–Trinajstić information content (AvgIpc) is 2.69. The van der Waals surface area contributed by atoms with Crippen LogP contribution in [0.5, 0.6) is 5.75 Å². The van der Waals surface area contributed by atoms with E-state index in [0.29, 0.717) is 59.6 Å². The first kappa shape index (κ1) is 20.5. The third-order valence-corrected chi connectivity index (χ3v) is 5.31. The van der Waals surface area contributed by atoms with Gasteiger partial charge in [0.1, 0.15) is 5.75 Å². The van der Waals surface area contributed by atoms with Crippen LogP contribution in [0.4, 0.5) is 5.69 Å². The Morgan fingerprint density at radius 3 is 2.54 bits per heavy atom. The van der Waals surface area contributed by atoms with Crippen LogP contribution in [0.15, 0.2) is 42.5 Å². The van der Waals surface area contributed by atoms with E-state index in [4.69, 9.17) is 27.9 Å². The number of rotatable bonds is 5. The number of carbonyl (C=O) groups excluding carboxylic acids is 2. The van der Waals surface area contributed by atoms with E-state index in [2.05, 4.69) is 5.32 Å². The van der Waals surface area contributed by atoms with Gasteiger partial charge in [0.05, 0.1) is 22.9 Å². The summed E-state index contributed by atoms with van der Waals surface area (Å²) in [6.45, 7) is 3.44. The Labute approximate surface area is 174 Å². The standard InChI is InChI=1S/C21H22Cl2N2O3/c1-2-28-19-6-4-3-5-18(19)24-20(26)14-9-11-25(12-10-14)21(27)16-8-7-15(22)13-17(16)23/h3-8,13-14H,2,9-12H2,1H3,(H,24,26). The summed E-state index contributed by atoms with van der Waals surface area (Å²) in [5, 5.41) is 3.78. The molecule has 148 valence electrons. The quantitative estimate of drug-likeness (QED) is 0.749. The Hall–Kier alpha value is -2.24. The molecule has 1 saturated heterocycles. The molecular weight excluding hydrogens is 399 g/mol. The minimum Gasteiger partial charge on any atom is -0.492 e. The van der Waals surface area contributed by atoms with E-state index in [1.807, 2.05) is 31.2 Å². The summed E-state index contributed by atoms with van der Waals surface area (Å²) in [4.78, 5) is 27.1. The fourth-order valence-electron chi connectivity index (χ4n) is 3.26. The van der Waals surface area contributed by atoms with E-state index in [-0.39, 0.29) is 17.7 Å². The third-order valence-electron chi connectivity index (χ3n) is 4.76. The first-order chi connectivity index (χ1) is 13.5. The summed E-state index contributed by atoms with van der Waals surface area (Å²) < 4.78 is 5.55. The number of amides is 2. The summed E-state index contributed by atoms with van der Waals surface area (Å²) in [6.07, 6.45) is 1.19. The highest BCUT2D eigenvalue weighted by Gasteiger charge is 2.29. The highest BCUT2D eigenvalue weighted by Crippen LogP contribution is 2.28. The fraction of sp³-hybridized carbons (Fsp3) is 0.333. The molecule has 1 N–H and O–H groups in total. The lowest BCUT2D eigenvalue weighted by molar-refractivity contribution is -0.121. The summed E-state index contributed by atoms with van der Waals surface area (Å²) >= 11 is 12.0. The van der Waals surface area contributed by atoms with Crippen LogP contribution >= 0.6 is 23.2 Å². The molecule has 2 aromatic carbocycles. The molecule has 1 aliphatic rings. The largest absolute Gasteiger partial charge is 0.492 e. The predicted octanol–water partition coefficient (Wildman–Crippen LogP) is 4.88. The molecule has 1 aliphatic heterocycles. The number of hydrogen-bond donors (Lipinski definition) is 1. The van der Waals surface area contributed by atoms with Gasteiger partial charge in [0.25, 0.3) is 5.91 Å². The van der Waals surface area contributed by atoms with Crippen molar-refractivity contribution >= 4 is 40.7 Å². The van der Waals surface area contributed by atoms with E-state index in [1.54, 1.807) is 23.1 Å². The number of hydrogen-bond acceptors (Lipinski definition) is 3. The number of carbonyl (C=O) groups is 2. The Morgan fingerprint density at radius 2 is 1.86 bits per heavy atom. The number of nitrogens with one attached hydrogen (secondary N) is 1. The van der Waals surface area contributed by atoms with Crippen LogP contribution in [0.1, 0.15) is 30.1 Å². The number of nitrogens with zero attached hydrogens (tertiary/aromatic N) is 1. The molecule has 0 bridgehead atoms. The van der Waals surface area contributed by atoms with Crippen LogP contribution in [-0.2, 0) is 4.79 Å². The smallest absolute Gasteiger partial charge is 0.255 e. The van der Waals surface area contributed by atoms with Gasteiger partial charge in [0.15, 0.2) is 0 Å². The highest BCUT2D eigenvalue weighted by atomic mass is 35.5. The van der Waals surface area contributed by atoms with Crippen molar-refractivity contribution in [1.29, 1.82) is 0 Å². The van der Waals surface area contributed by atoms with Crippen molar-refractivity contribution in [3.8, 4) is 5.75 Å². The van der Waals surface area contributed by atoms with Crippen LogP contribution in [0, 0.1) is 5.92 Å². The molecule has 1 heterocycles. The number of ether oxygens (including phenoxy) is 1. The molecule has 7 heteroatoms. The lowest BCUT2D eigenvalue weighted by Gasteiger charge is -2.31. The van der Waals surface area contributed by atoms with Crippen molar-refractivity contribution in [2.45, 2.75) is 19.8 Å². The first-order valence-electron chi connectivity index (χ1n) is 9.26. The van der Waals surface area contributed by atoms with Gasteiger partial charge in [-0.15, -0.1) is 0 Å². The monoisotopic (exact) mass is 420 g/mol. The number of anilines is 1. The Morgan fingerprint density at radius 1 is 1.14 bits per heavy atom. The van der Waals surface area contributed by atoms with Crippen molar-refractivity contribution in [2.75, 3.05) is 25.0 Å². The zero-order chi connectivity index (χ0) is 20.1. The van der Waals surface area contributed by atoms with Crippen molar-refractivity contribution in [3.05, 3.63) is 58.1 Å². The van der Waals surface area contributed by atoms with Gasteiger partial charge in [-0.3, -0.25) is 9.59 Å². The van der Waals surface area contributed by atoms with Crippen molar-refractivity contribution in [2.24, 2.45) is 5.92 Å². The molecule has 0 saturated carbocycles.